The molecule has 1 aliphatic rings. The van der Waals surface area contributed by atoms with Crippen molar-refractivity contribution in [2.75, 3.05) is 13.2 Å². The molecule has 0 aromatic heterocycles. The molecular formula is C12H25NO. The maximum Gasteiger partial charge on any atom is 0.0547 e. The van der Waals surface area contributed by atoms with E-state index in [0.717, 1.165) is 12.6 Å². The molecule has 1 atom stereocenters. The highest BCUT2D eigenvalue weighted by Crippen LogP contribution is 2.18. The van der Waals surface area contributed by atoms with Gasteiger partial charge in [-0.25, -0.2) is 0 Å². The van der Waals surface area contributed by atoms with Gasteiger partial charge < -0.3 is 10.1 Å². The van der Waals surface area contributed by atoms with Gasteiger partial charge in [0.1, 0.15) is 0 Å². The van der Waals surface area contributed by atoms with Crippen LogP contribution < -0.4 is 5.32 Å². The molecule has 0 bridgehead atoms. The van der Waals surface area contributed by atoms with Gasteiger partial charge in [0.25, 0.3) is 0 Å². The van der Waals surface area contributed by atoms with Gasteiger partial charge in [-0.2, -0.15) is 0 Å². The first kappa shape index (κ1) is 12.0. The van der Waals surface area contributed by atoms with Crippen molar-refractivity contribution in [3.8, 4) is 0 Å². The molecule has 1 saturated carbocycles. The number of nitrogens with one attached hydrogen (secondary N) is 1. The Balaban J connectivity index is 1.83. The SMILES string of the molecule is CC(C)COC(C)CCCNC1CC1. The largest absolute Gasteiger partial charge is 0.378 e. The number of hydrogen-bond donors (Lipinski definition) is 1. The van der Waals surface area contributed by atoms with E-state index in [1.807, 2.05) is 0 Å². The van der Waals surface area contributed by atoms with Crippen molar-refractivity contribution in [1.29, 1.82) is 0 Å². The first-order valence-corrected chi connectivity index (χ1v) is 6.03. The molecule has 0 saturated heterocycles. The molecule has 14 heavy (non-hydrogen) atoms. The van der Waals surface area contributed by atoms with E-state index >= 15 is 0 Å². The van der Waals surface area contributed by atoms with Crippen LogP contribution in [-0.4, -0.2) is 25.3 Å². The fraction of sp³-hybridized carbons (Fsp3) is 1.00. The average molecular weight is 199 g/mol. The summed E-state index contributed by atoms with van der Waals surface area (Å²) in [5.41, 5.74) is 0. The minimum Gasteiger partial charge on any atom is -0.378 e. The first-order valence-electron chi connectivity index (χ1n) is 6.03. The Morgan fingerprint density at radius 3 is 2.57 bits per heavy atom. The summed E-state index contributed by atoms with van der Waals surface area (Å²) in [5, 5.41) is 3.52. The van der Waals surface area contributed by atoms with Gasteiger partial charge in [-0.1, -0.05) is 13.8 Å². The Hall–Kier alpha value is -0.0800. The fourth-order valence-electron chi connectivity index (χ4n) is 1.42. The predicted octanol–water partition coefficient (Wildman–Crippen LogP) is 2.58. The zero-order chi connectivity index (χ0) is 10.4. The summed E-state index contributed by atoms with van der Waals surface area (Å²) in [7, 11) is 0. The topological polar surface area (TPSA) is 21.3 Å². The zero-order valence-corrected chi connectivity index (χ0v) is 9.88. The number of ether oxygens (including phenoxy) is 1. The van der Waals surface area contributed by atoms with Crippen molar-refractivity contribution in [2.24, 2.45) is 5.92 Å². The van der Waals surface area contributed by atoms with Crippen molar-refractivity contribution in [3.05, 3.63) is 0 Å². The smallest absolute Gasteiger partial charge is 0.0547 e. The predicted molar refractivity (Wildman–Crippen MR) is 60.5 cm³/mol. The molecular weight excluding hydrogens is 174 g/mol. The van der Waals surface area contributed by atoms with E-state index in [1.165, 1.54) is 32.2 Å². The zero-order valence-electron chi connectivity index (χ0n) is 9.88. The fourth-order valence-corrected chi connectivity index (χ4v) is 1.42. The van der Waals surface area contributed by atoms with Crippen molar-refractivity contribution in [3.63, 3.8) is 0 Å². The minimum absolute atomic E-state index is 0.429. The Morgan fingerprint density at radius 2 is 2.00 bits per heavy atom. The van der Waals surface area contributed by atoms with Gasteiger partial charge in [-0.15, -0.1) is 0 Å². The van der Waals surface area contributed by atoms with Gasteiger partial charge in [0, 0.05) is 12.6 Å². The molecule has 1 rings (SSSR count). The van der Waals surface area contributed by atoms with Crippen LogP contribution in [0.2, 0.25) is 0 Å². The molecule has 1 fully saturated rings. The molecule has 1 N–H and O–H groups in total. The maximum atomic E-state index is 5.70. The summed E-state index contributed by atoms with van der Waals surface area (Å²) in [6, 6.07) is 0.849. The standard InChI is InChI=1S/C12H25NO/c1-10(2)9-14-11(3)5-4-8-13-12-6-7-12/h10-13H,4-9H2,1-3H3. The lowest BCUT2D eigenvalue weighted by molar-refractivity contribution is 0.0414. The van der Waals surface area contributed by atoms with Gasteiger partial charge in [0.2, 0.25) is 0 Å². The van der Waals surface area contributed by atoms with Crippen molar-refractivity contribution >= 4 is 0 Å². The second kappa shape index (κ2) is 6.41. The molecule has 1 unspecified atom stereocenters. The van der Waals surface area contributed by atoms with Crippen LogP contribution >= 0.6 is 0 Å². The molecule has 0 aromatic carbocycles. The van der Waals surface area contributed by atoms with Gasteiger partial charge in [0.15, 0.2) is 0 Å². The molecule has 2 nitrogen and oxygen atoms in total. The lowest BCUT2D eigenvalue weighted by Gasteiger charge is -2.14. The summed E-state index contributed by atoms with van der Waals surface area (Å²) in [5.74, 6) is 0.655. The minimum atomic E-state index is 0.429. The molecule has 0 aliphatic heterocycles. The third-order valence-electron chi connectivity index (χ3n) is 2.51. The van der Waals surface area contributed by atoms with Crippen molar-refractivity contribution in [2.45, 2.75) is 58.6 Å². The van der Waals surface area contributed by atoms with E-state index in [1.54, 1.807) is 0 Å². The summed E-state index contributed by atoms with van der Waals surface area (Å²) in [4.78, 5) is 0. The lowest BCUT2D eigenvalue weighted by atomic mass is 10.2. The molecule has 0 radical (unpaired) electrons. The van der Waals surface area contributed by atoms with Gasteiger partial charge in [0.05, 0.1) is 6.10 Å². The molecule has 2 heteroatoms. The van der Waals surface area contributed by atoms with Crippen LogP contribution in [0.1, 0.15) is 46.5 Å². The van der Waals surface area contributed by atoms with Gasteiger partial charge >= 0.3 is 0 Å². The van der Waals surface area contributed by atoms with E-state index < -0.39 is 0 Å². The van der Waals surface area contributed by atoms with Crippen LogP contribution in [0.4, 0.5) is 0 Å². The third-order valence-corrected chi connectivity index (χ3v) is 2.51. The van der Waals surface area contributed by atoms with Crippen molar-refractivity contribution < 1.29 is 4.74 Å². The van der Waals surface area contributed by atoms with Crippen LogP contribution in [0.15, 0.2) is 0 Å². The van der Waals surface area contributed by atoms with E-state index in [9.17, 15) is 0 Å². The van der Waals surface area contributed by atoms with Crippen LogP contribution in [0.3, 0.4) is 0 Å². The third kappa shape index (κ3) is 6.39. The summed E-state index contributed by atoms with van der Waals surface area (Å²) in [6.45, 7) is 8.64. The highest BCUT2D eigenvalue weighted by molar-refractivity contribution is 4.80. The molecule has 0 spiro atoms. The maximum absolute atomic E-state index is 5.70. The average Bonchev–Trinajstić information content (AvgIpc) is 2.92. The number of hydrogen-bond acceptors (Lipinski definition) is 2. The van der Waals surface area contributed by atoms with Gasteiger partial charge in [-0.3, -0.25) is 0 Å². The first-order chi connectivity index (χ1) is 6.68. The monoisotopic (exact) mass is 199 g/mol. The normalized spacial score (nSPS) is 18.9. The molecule has 1 aliphatic carbocycles. The molecule has 84 valence electrons. The molecule has 0 amide bonds. The molecule has 0 heterocycles. The highest BCUT2D eigenvalue weighted by atomic mass is 16.5. The van der Waals surface area contributed by atoms with E-state index in [2.05, 4.69) is 26.1 Å². The van der Waals surface area contributed by atoms with E-state index in [-0.39, 0.29) is 0 Å². The Kier molecular flexibility index (Phi) is 5.49. The Morgan fingerprint density at radius 1 is 1.29 bits per heavy atom. The van der Waals surface area contributed by atoms with Crippen LogP contribution in [0.5, 0.6) is 0 Å². The van der Waals surface area contributed by atoms with Gasteiger partial charge in [-0.05, 0) is 45.1 Å². The van der Waals surface area contributed by atoms with E-state index in [4.69, 9.17) is 4.74 Å². The number of rotatable bonds is 8. The lowest BCUT2D eigenvalue weighted by Crippen LogP contribution is -2.20. The quantitative estimate of drug-likeness (QED) is 0.607. The highest BCUT2D eigenvalue weighted by Gasteiger charge is 2.19. The Labute approximate surface area is 88.4 Å². The van der Waals surface area contributed by atoms with E-state index in [0.29, 0.717) is 12.0 Å². The summed E-state index contributed by atoms with van der Waals surface area (Å²) < 4.78 is 5.70. The Bertz CT molecular complexity index is 143. The van der Waals surface area contributed by atoms with Crippen LogP contribution in [0.25, 0.3) is 0 Å². The molecule has 0 aromatic rings. The van der Waals surface area contributed by atoms with Crippen LogP contribution in [-0.2, 0) is 4.74 Å². The van der Waals surface area contributed by atoms with Crippen molar-refractivity contribution in [1.82, 2.24) is 5.32 Å². The second-order valence-electron chi connectivity index (χ2n) is 4.91. The van der Waals surface area contributed by atoms with Crippen LogP contribution in [0, 0.1) is 5.92 Å². The second-order valence-corrected chi connectivity index (χ2v) is 4.91. The summed E-state index contributed by atoms with van der Waals surface area (Å²) in [6.07, 6.45) is 5.64. The summed E-state index contributed by atoms with van der Waals surface area (Å²) >= 11 is 0.